The molecular weight excluding hydrogens is 401 g/mol. The fraction of sp³-hybridized carbons (Fsp3) is 0.263. The van der Waals surface area contributed by atoms with E-state index in [9.17, 15) is 9.90 Å². The number of nitriles is 1. The summed E-state index contributed by atoms with van der Waals surface area (Å²) < 4.78 is 1.34. The number of H-pyrrole nitrogens is 1. The van der Waals surface area contributed by atoms with Gasteiger partial charge in [0, 0.05) is 23.1 Å². The van der Waals surface area contributed by atoms with Gasteiger partial charge in [-0.15, -0.1) is 0 Å². The Kier molecular flexibility index (Phi) is 6.06. The molecule has 30 heavy (non-hydrogen) atoms. The molecule has 1 aromatic carbocycles. The molecule has 148 valence electrons. The maximum Gasteiger partial charge on any atom is 0.272 e. The molecule has 0 saturated carbocycles. The first kappa shape index (κ1) is 21.7. The van der Waals surface area contributed by atoms with Crippen LogP contribution in [0, 0.1) is 11.3 Å². The van der Waals surface area contributed by atoms with Gasteiger partial charge in [0.25, 0.3) is 5.91 Å². The molecule has 3 aromatic rings. The molecule has 3 N–H and O–H groups in total. The molecule has 2 aromatic heterocycles. The number of aliphatic hydroxyl groups excluding tert-OH is 1. The number of hydrogen-bond donors (Lipinski definition) is 3. The molecule has 1 unspecified atom stereocenters. The number of halogens is 1. The van der Waals surface area contributed by atoms with E-state index in [2.05, 4.69) is 20.6 Å². The first-order chi connectivity index (χ1) is 14.1. The van der Waals surface area contributed by atoms with Crippen LogP contribution in [0.25, 0.3) is 11.3 Å². The van der Waals surface area contributed by atoms with Crippen molar-refractivity contribution in [2.75, 3.05) is 0 Å². The minimum absolute atomic E-state index is 0.0990. The van der Waals surface area contributed by atoms with Crippen LogP contribution < -0.4 is 5.32 Å². The lowest BCUT2D eigenvalue weighted by atomic mass is 9.58. The average Bonchev–Trinajstić information content (AvgIpc) is 3.38. The van der Waals surface area contributed by atoms with Gasteiger partial charge in [-0.1, -0.05) is 17.7 Å². The number of amides is 1. The topological polar surface area (TPSA) is 120 Å². The molecule has 0 aliphatic heterocycles. The summed E-state index contributed by atoms with van der Waals surface area (Å²) in [7, 11) is 12.5. The summed E-state index contributed by atoms with van der Waals surface area (Å²) in [6, 6.07) is 9.36. The summed E-state index contributed by atoms with van der Waals surface area (Å²) in [4.78, 5) is 12.4. The van der Waals surface area contributed by atoms with Crippen molar-refractivity contribution >= 4 is 33.2 Å². The number of benzene rings is 1. The smallest absolute Gasteiger partial charge is 0.272 e. The van der Waals surface area contributed by atoms with Crippen molar-refractivity contribution < 1.29 is 9.90 Å². The molecule has 0 fully saturated rings. The summed E-state index contributed by atoms with van der Waals surface area (Å²) in [6.07, 6.45) is 0.808. The number of carbonyl (C=O) groups is 1. The van der Waals surface area contributed by atoms with Gasteiger partial charge in [0.15, 0.2) is 0 Å². The van der Waals surface area contributed by atoms with Gasteiger partial charge >= 0.3 is 0 Å². The Hall–Kier alpha value is -3.02. The zero-order valence-electron chi connectivity index (χ0n) is 16.3. The summed E-state index contributed by atoms with van der Waals surface area (Å²) in [5.41, 5.74) is 2.11. The quantitative estimate of drug-likeness (QED) is 0.526. The van der Waals surface area contributed by atoms with Crippen molar-refractivity contribution in [3.8, 4) is 17.3 Å². The lowest BCUT2D eigenvalue weighted by Crippen LogP contribution is -2.53. The van der Waals surface area contributed by atoms with Crippen molar-refractivity contribution in [2.45, 2.75) is 31.3 Å². The van der Waals surface area contributed by atoms with Crippen molar-refractivity contribution in [2.24, 2.45) is 0 Å². The highest BCUT2D eigenvalue weighted by atomic mass is 35.5. The SMILES string of the molecule is [B]C([B])([C@H](C)NC(=O)c1cc(C(C)O)[nH]n1)n1ccc(-c2ccc(C#N)c(Cl)c2)n1. The van der Waals surface area contributed by atoms with E-state index in [4.69, 9.17) is 32.6 Å². The van der Waals surface area contributed by atoms with Crippen LogP contribution in [-0.2, 0) is 5.34 Å². The normalized spacial score (nSPS) is 13.4. The highest BCUT2D eigenvalue weighted by Crippen LogP contribution is 2.25. The maximum atomic E-state index is 12.4. The van der Waals surface area contributed by atoms with Gasteiger partial charge in [-0.05, 0) is 38.1 Å². The molecule has 0 aliphatic carbocycles. The zero-order valence-corrected chi connectivity index (χ0v) is 17.1. The van der Waals surface area contributed by atoms with Crippen molar-refractivity contribution in [3.63, 3.8) is 0 Å². The first-order valence-electron chi connectivity index (χ1n) is 9.01. The molecule has 0 aliphatic rings. The Morgan fingerprint density at radius 2 is 2.10 bits per heavy atom. The molecular formula is C19H17B2ClN6O2. The van der Waals surface area contributed by atoms with Crippen LogP contribution in [0.5, 0.6) is 0 Å². The Balaban J connectivity index is 1.77. The zero-order chi connectivity index (χ0) is 22.1. The van der Waals surface area contributed by atoms with Crippen molar-refractivity contribution in [1.29, 1.82) is 5.26 Å². The Morgan fingerprint density at radius 1 is 1.37 bits per heavy atom. The number of nitrogens with zero attached hydrogens (tertiary/aromatic N) is 4. The van der Waals surface area contributed by atoms with Crippen LogP contribution >= 0.6 is 11.6 Å². The molecule has 4 radical (unpaired) electrons. The van der Waals surface area contributed by atoms with E-state index < -0.39 is 23.4 Å². The average molecular weight is 418 g/mol. The summed E-state index contributed by atoms with van der Waals surface area (Å²) in [5.74, 6) is -0.503. The van der Waals surface area contributed by atoms with Gasteiger partial charge < -0.3 is 10.4 Å². The Bertz CT molecular complexity index is 1120. The van der Waals surface area contributed by atoms with E-state index in [1.807, 2.05) is 6.07 Å². The Morgan fingerprint density at radius 3 is 2.70 bits per heavy atom. The van der Waals surface area contributed by atoms with E-state index in [1.165, 1.54) is 10.7 Å². The van der Waals surface area contributed by atoms with Crippen LogP contribution in [0.1, 0.15) is 41.7 Å². The third kappa shape index (κ3) is 4.27. The molecule has 0 saturated heterocycles. The minimum Gasteiger partial charge on any atom is -0.387 e. The number of aromatic nitrogens is 4. The summed E-state index contributed by atoms with van der Waals surface area (Å²) in [6.45, 7) is 3.19. The predicted molar refractivity (Wildman–Crippen MR) is 113 cm³/mol. The van der Waals surface area contributed by atoms with Crippen molar-refractivity contribution in [1.82, 2.24) is 25.3 Å². The van der Waals surface area contributed by atoms with E-state index in [0.717, 1.165) is 0 Å². The molecule has 2 heterocycles. The van der Waals surface area contributed by atoms with Gasteiger partial charge in [-0.3, -0.25) is 14.6 Å². The molecule has 2 atom stereocenters. The van der Waals surface area contributed by atoms with Crippen LogP contribution in [0.15, 0.2) is 36.5 Å². The number of rotatable bonds is 6. The van der Waals surface area contributed by atoms with Gasteiger partial charge in [-0.25, -0.2) is 0 Å². The number of carbonyl (C=O) groups excluding carboxylic acids is 1. The van der Waals surface area contributed by atoms with Gasteiger partial charge in [-0.2, -0.15) is 15.5 Å². The molecule has 3 rings (SSSR count). The first-order valence-corrected chi connectivity index (χ1v) is 9.39. The molecule has 11 heteroatoms. The standard InChI is InChI=1S/C19H17B2ClN6O2/c1-10(29)16-8-17(26-25-16)18(30)24-11(2)19(20,21)28-6-5-15(27-28)12-3-4-13(9-23)14(22)7-12/h3-8,10-11,29H,1-2H3,(H,24,30)(H,25,26)/t10?,11-/m0/s1. The van der Waals surface area contributed by atoms with Gasteiger partial charge in [0.2, 0.25) is 0 Å². The third-order valence-electron chi connectivity index (χ3n) is 4.69. The van der Waals surface area contributed by atoms with Gasteiger partial charge in [0.05, 0.1) is 43.8 Å². The van der Waals surface area contributed by atoms with Crippen LogP contribution in [-0.4, -0.2) is 52.7 Å². The Labute approximate surface area is 181 Å². The van der Waals surface area contributed by atoms with Crippen LogP contribution in [0.2, 0.25) is 5.02 Å². The fourth-order valence-electron chi connectivity index (χ4n) is 2.71. The highest BCUT2D eigenvalue weighted by molar-refractivity contribution is 6.38. The second-order valence-electron chi connectivity index (χ2n) is 6.92. The second kappa shape index (κ2) is 8.38. The monoisotopic (exact) mass is 418 g/mol. The second-order valence-corrected chi connectivity index (χ2v) is 7.33. The molecule has 0 bridgehead atoms. The lowest BCUT2D eigenvalue weighted by Gasteiger charge is -2.34. The van der Waals surface area contributed by atoms with Gasteiger partial charge in [0.1, 0.15) is 11.8 Å². The van der Waals surface area contributed by atoms with E-state index in [0.29, 0.717) is 27.5 Å². The molecule has 1 amide bonds. The molecule has 0 spiro atoms. The number of aromatic amines is 1. The largest absolute Gasteiger partial charge is 0.387 e. The third-order valence-corrected chi connectivity index (χ3v) is 5.01. The van der Waals surface area contributed by atoms with Crippen LogP contribution in [0.3, 0.4) is 0 Å². The number of nitrogens with one attached hydrogen (secondary N) is 2. The fourth-order valence-corrected chi connectivity index (χ4v) is 2.93. The highest BCUT2D eigenvalue weighted by Gasteiger charge is 2.30. The van der Waals surface area contributed by atoms with E-state index in [1.54, 1.807) is 44.3 Å². The number of hydrogen-bond acceptors (Lipinski definition) is 5. The molecule has 8 nitrogen and oxygen atoms in total. The maximum absolute atomic E-state index is 12.4. The van der Waals surface area contributed by atoms with E-state index in [-0.39, 0.29) is 5.69 Å². The summed E-state index contributed by atoms with van der Waals surface area (Å²) >= 11 is 6.09. The van der Waals surface area contributed by atoms with E-state index >= 15 is 0 Å². The predicted octanol–water partition coefficient (Wildman–Crippen LogP) is 1.62. The summed E-state index contributed by atoms with van der Waals surface area (Å²) in [5, 5.41) is 30.9. The lowest BCUT2D eigenvalue weighted by molar-refractivity contribution is 0.0925. The minimum atomic E-state index is -1.55. The van der Waals surface area contributed by atoms with Crippen molar-refractivity contribution in [3.05, 3.63) is 58.5 Å². The number of aliphatic hydroxyl groups is 1. The van der Waals surface area contributed by atoms with Crippen LogP contribution in [0.4, 0.5) is 0 Å².